The van der Waals surface area contributed by atoms with E-state index in [2.05, 4.69) is 12.2 Å². The van der Waals surface area contributed by atoms with Crippen molar-refractivity contribution in [1.82, 2.24) is 5.32 Å². The summed E-state index contributed by atoms with van der Waals surface area (Å²) in [5.41, 5.74) is -0.716. The lowest BCUT2D eigenvalue weighted by Gasteiger charge is -2.59. The molecule has 10 heteroatoms. The molecule has 5 aliphatic heterocycles. The van der Waals surface area contributed by atoms with Crippen LogP contribution in [0, 0.1) is 23.7 Å². The van der Waals surface area contributed by atoms with E-state index in [0.29, 0.717) is 25.4 Å². The first kappa shape index (κ1) is 23.0. The third kappa shape index (κ3) is 3.94. The Balaban J connectivity index is 1.23. The van der Waals surface area contributed by atoms with Gasteiger partial charge in [0.25, 0.3) is 0 Å². The molecule has 6 fully saturated rings. The number of carbonyl (C=O) groups is 3. The highest BCUT2D eigenvalue weighted by molar-refractivity contribution is 5.87. The normalized spacial score (nSPS) is 46.2. The number of cyclic esters (lactones) is 1. The molecule has 1 spiro atoms. The smallest absolute Gasteiger partial charge is 0.328 e. The quantitative estimate of drug-likeness (QED) is 0.478. The fourth-order valence-corrected chi connectivity index (χ4v) is 6.30. The summed E-state index contributed by atoms with van der Waals surface area (Å²) in [7, 11) is 0. The molecule has 1 amide bonds. The maximum atomic E-state index is 12.6. The van der Waals surface area contributed by atoms with Gasteiger partial charge < -0.3 is 24.3 Å². The highest BCUT2D eigenvalue weighted by Gasteiger charge is 2.69. The molecule has 0 radical (unpaired) electrons. The van der Waals surface area contributed by atoms with Gasteiger partial charge in [0.15, 0.2) is 11.9 Å². The first-order chi connectivity index (χ1) is 15.7. The summed E-state index contributed by atoms with van der Waals surface area (Å²) >= 11 is 0. The van der Waals surface area contributed by atoms with E-state index in [1.165, 1.54) is 0 Å². The van der Waals surface area contributed by atoms with Gasteiger partial charge in [-0.3, -0.25) is 9.59 Å². The van der Waals surface area contributed by atoms with E-state index in [1.54, 1.807) is 0 Å². The molecular weight excluding hydrogens is 434 g/mol. The Kier molecular flexibility index (Phi) is 5.91. The molecule has 33 heavy (non-hydrogen) atoms. The van der Waals surface area contributed by atoms with Gasteiger partial charge in [0.05, 0.1) is 13.0 Å². The predicted molar refractivity (Wildman–Crippen MR) is 110 cm³/mol. The van der Waals surface area contributed by atoms with Crippen LogP contribution in [0.15, 0.2) is 0 Å². The lowest BCUT2D eigenvalue weighted by atomic mass is 9.58. The molecule has 0 aromatic rings. The van der Waals surface area contributed by atoms with Crippen molar-refractivity contribution < 1.29 is 43.1 Å². The molecule has 1 saturated carbocycles. The van der Waals surface area contributed by atoms with E-state index >= 15 is 0 Å². The van der Waals surface area contributed by atoms with E-state index in [4.69, 9.17) is 28.7 Å². The van der Waals surface area contributed by atoms with Gasteiger partial charge in [-0.1, -0.05) is 13.8 Å². The Morgan fingerprint density at radius 2 is 1.91 bits per heavy atom. The zero-order valence-corrected chi connectivity index (χ0v) is 19.4. The van der Waals surface area contributed by atoms with Crippen LogP contribution in [-0.4, -0.2) is 54.5 Å². The minimum atomic E-state index is -0.897. The molecule has 0 unspecified atom stereocenters. The van der Waals surface area contributed by atoms with E-state index in [-0.39, 0.29) is 36.5 Å². The Labute approximate surface area is 192 Å². The van der Waals surface area contributed by atoms with Crippen molar-refractivity contribution in [2.75, 3.05) is 6.61 Å². The molecule has 5 saturated heterocycles. The highest BCUT2D eigenvalue weighted by Crippen LogP contribution is 2.60. The van der Waals surface area contributed by atoms with E-state index in [9.17, 15) is 14.4 Å². The van der Waals surface area contributed by atoms with Gasteiger partial charge in [-0.05, 0) is 38.0 Å². The Morgan fingerprint density at radius 1 is 1.09 bits per heavy atom. The molecule has 0 aromatic carbocycles. The number of hydrogen-bond acceptors (Lipinski definition) is 9. The molecule has 2 bridgehead atoms. The van der Waals surface area contributed by atoms with E-state index in [1.807, 2.05) is 13.8 Å². The molecule has 6 rings (SSSR count). The number of amides is 1. The third-order valence-electron chi connectivity index (χ3n) is 8.17. The van der Waals surface area contributed by atoms with Crippen LogP contribution in [0.4, 0.5) is 0 Å². The van der Waals surface area contributed by atoms with Gasteiger partial charge >= 0.3 is 11.9 Å². The molecule has 9 atom stereocenters. The average Bonchev–Trinajstić information content (AvgIpc) is 3.03. The van der Waals surface area contributed by atoms with Gasteiger partial charge in [0.2, 0.25) is 18.0 Å². The fraction of sp³-hybridized carbons (Fsp3) is 0.870. The molecule has 6 aliphatic rings. The Morgan fingerprint density at radius 3 is 2.67 bits per heavy atom. The number of carbonyl (C=O) groups excluding carboxylic acids is 3. The summed E-state index contributed by atoms with van der Waals surface area (Å²) < 4.78 is 23.0. The molecule has 5 heterocycles. The molecular formula is C23H33NO9. The van der Waals surface area contributed by atoms with Gasteiger partial charge in [0, 0.05) is 31.1 Å². The molecule has 184 valence electrons. The van der Waals surface area contributed by atoms with E-state index in [0.717, 1.165) is 19.3 Å². The van der Waals surface area contributed by atoms with Crippen LogP contribution in [0.25, 0.3) is 0 Å². The molecule has 10 nitrogen and oxygen atoms in total. The predicted octanol–water partition coefficient (Wildman–Crippen LogP) is 1.95. The van der Waals surface area contributed by atoms with Crippen molar-refractivity contribution in [3.05, 3.63) is 0 Å². The van der Waals surface area contributed by atoms with Crippen LogP contribution in [0.2, 0.25) is 0 Å². The number of esters is 2. The minimum absolute atomic E-state index is 0.0505. The molecule has 1 aliphatic carbocycles. The number of rotatable bonds is 5. The minimum Gasteiger partial charge on any atom is -0.464 e. The number of ether oxygens (including phenoxy) is 4. The zero-order valence-electron chi connectivity index (χ0n) is 19.4. The second-order valence-corrected chi connectivity index (χ2v) is 10.3. The lowest BCUT2D eigenvalue weighted by molar-refractivity contribution is -0.576. The summed E-state index contributed by atoms with van der Waals surface area (Å²) in [4.78, 5) is 48.0. The van der Waals surface area contributed by atoms with Crippen molar-refractivity contribution >= 4 is 17.8 Å². The topological polar surface area (TPSA) is 119 Å². The van der Waals surface area contributed by atoms with Crippen LogP contribution < -0.4 is 5.32 Å². The van der Waals surface area contributed by atoms with Crippen LogP contribution in [0.1, 0.15) is 65.7 Å². The Bertz CT molecular complexity index is 820. The molecule has 1 N–H and O–H groups in total. The van der Waals surface area contributed by atoms with Crippen LogP contribution in [0.5, 0.6) is 0 Å². The van der Waals surface area contributed by atoms with Crippen LogP contribution >= 0.6 is 0 Å². The van der Waals surface area contributed by atoms with Crippen LogP contribution in [-0.2, 0) is 43.1 Å². The molecule has 0 aromatic heterocycles. The van der Waals surface area contributed by atoms with Crippen molar-refractivity contribution in [1.29, 1.82) is 0 Å². The first-order valence-corrected chi connectivity index (χ1v) is 12.1. The highest BCUT2D eigenvalue weighted by atomic mass is 17.3. The van der Waals surface area contributed by atoms with E-state index < -0.39 is 41.9 Å². The second kappa shape index (κ2) is 8.48. The number of nitrogens with one attached hydrogen (secondary N) is 1. The van der Waals surface area contributed by atoms with Crippen molar-refractivity contribution in [3.63, 3.8) is 0 Å². The summed E-state index contributed by atoms with van der Waals surface area (Å²) in [5, 5.41) is 2.59. The third-order valence-corrected chi connectivity index (χ3v) is 8.17. The van der Waals surface area contributed by atoms with Crippen molar-refractivity contribution in [2.24, 2.45) is 23.7 Å². The van der Waals surface area contributed by atoms with Crippen molar-refractivity contribution in [2.45, 2.75) is 95.7 Å². The van der Waals surface area contributed by atoms with Crippen molar-refractivity contribution in [3.8, 4) is 0 Å². The summed E-state index contributed by atoms with van der Waals surface area (Å²) in [5.74, 6) is -1.66. The second-order valence-electron chi connectivity index (χ2n) is 10.3. The average molecular weight is 468 g/mol. The van der Waals surface area contributed by atoms with Gasteiger partial charge in [-0.15, -0.1) is 0 Å². The monoisotopic (exact) mass is 467 g/mol. The largest absolute Gasteiger partial charge is 0.464 e. The number of hydrogen-bond donors (Lipinski definition) is 1. The standard InChI is InChI=1S/C23H33NO9/c1-12-4-5-15-13(2)20(29-18(26)7-6-17(25)24-16-9-11-28-19(16)27)30-21-23(15)14(12)8-10-22(3,31-21)32-33-23/h12-16,20-21H,4-11H2,1-3H3,(H,24,25)/t12-,13-,14+,15-,16+,20-,21-,22-,23-/m1/s1. The zero-order chi connectivity index (χ0) is 23.4. The summed E-state index contributed by atoms with van der Waals surface area (Å²) in [6.45, 7) is 6.38. The lowest BCUT2D eigenvalue weighted by Crippen LogP contribution is -2.70. The summed E-state index contributed by atoms with van der Waals surface area (Å²) in [6, 6.07) is -0.639. The maximum Gasteiger partial charge on any atom is 0.328 e. The van der Waals surface area contributed by atoms with Gasteiger partial charge in [-0.25, -0.2) is 14.6 Å². The summed E-state index contributed by atoms with van der Waals surface area (Å²) in [6.07, 6.45) is 2.35. The van der Waals surface area contributed by atoms with Gasteiger partial charge in [0.1, 0.15) is 6.04 Å². The fourth-order valence-electron chi connectivity index (χ4n) is 6.30. The number of fused-ring (bicyclic) bond motifs is 2. The van der Waals surface area contributed by atoms with Gasteiger partial charge in [-0.2, -0.15) is 0 Å². The van der Waals surface area contributed by atoms with Crippen LogP contribution in [0.3, 0.4) is 0 Å². The first-order valence-electron chi connectivity index (χ1n) is 12.1. The maximum absolute atomic E-state index is 12.6. The Hall–Kier alpha value is -1.75. The SMILES string of the molecule is C[C@H]1[C@H](OC(=O)CCC(=O)N[C@H]2CCOC2=O)O[C@@H]2O[C@@]3(C)CC[C@H]4[C@H](C)CC[C@H]1[C@@]24OO3.